The molecule has 4 rings (SSSR count). The maximum atomic E-state index is 4.63. The van der Waals surface area contributed by atoms with E-state index in [2.05, 4.69) is 49.3 Å². The summed E-state index contributed by atoms with van der Waals surface area (Å²) in [4.78, 5) is 4.63. The minimum atomic E-state index is 0.389. The standard InChI is InChI=1S/C19H18N6/c1-2-12-25-16-11-7-6-10-15(16)17-18(25)21-19(24-22-17)23-20-13-14-8-4-3-5-9-14/h3-11,13H,2,12H2,1H3,(H,21,23,24)/b20-13+. The number of nitrogens with zero attached hydrogens (tertiary/aromatic N) is 5. The van der Waals surface area contributed by atoms with Gasteiger partial charge in [-0.3, -0.25) is 0 Å². The Hall–Kier alpha value is -3.28. The molecule has 0 saturated heterocycles. The Bertz CT molecular complexity index is 1040. The van der Waals surface area contributed by atoms with Crippen molar-refractivity contribution in [1.29, 1.82) is 0 Å². The largest absolute Gasteiger partial charge is 0.324 e. The van der Waals surface area contributed by atoms with Gasteiger partial charge in [-0.05, 0) is 18.1 Å². The minimum Gasteiger partial charge on any atom is -0.324 e. The summed E-state index contributed by atoms with van der Waals surface area (Å²) in [7, 11) is 0. The van der Waals surface area contributed by atoms with Crippen LogP contribution in [0.3, 0.4) is 0 Å². The molecule has 0 aliphatic rings. The van der Waals surface area contributed by atoms with Crippen LogP contribution in [0.4, 0.5) is 5.95 Å². The predicted octanol–water partition coefficient (Wildman–Crippen LogP) is 3.84. The van der Waals surface area contributed by atoms with Gasteiger partial charge in [0.15, 0.2) is 5.65 Å². The summed E-state index contributed by atoms with van der Waals surface area (Å²) in [5.41, 5.74) is 6.65. The van der Waals surface area contributed by atoms with Crippen molar-refractivity contribution < 1.29 is 0 Å². The molecule has 0 spiro atoms. The Morgan fingerprint density at radius 2 is 1.84 bits per heavy atom. The van der Waals surface area contributed by atoms with Crippen LogP contribution in [0.5, 0.6) is 0 Å². The third-order valence-electron chi connectivity index (χ3n) is 4.00. The quantitative estimate of drug-likeness (QED) is 0.446. The van der Waals surface area contributed by atoms with Gasteiger partial charge in [-0.25, -0.2) is 5.43 Å². The van der Waals surface area contributed by atoms with Crippen LogP contribution in [0.25, 0.3) is 22.1 Å². The van der Waals surface area contributed by atoms with E-state index in [9.17, 15) is 0 Å². The number of rotatable bonds is 5. The summed E-state index contributed by atoms with van der Waals surface area (Å²) in [6.07, 6.45) is 2.75. The van der Waals surface area contributed by atoms with Crippen molar-refractivity contribution in [2.45, 2.75) is 19.9 Å². The molecule has 0 saturated carbocycles. The lowest BCUT2D eigenvalue weighted by atomic mass is 10.2. The molecule has 0 bridgehead atoms. The zero-order valence-corrected chi connectivity index (χ0v) is 13.9. The summed E-state index contributed by atoms with van der Waals surface area (Å²) < 4.78 is 2.19. The number of benzene rings is 2. The van der Waals surface area contributed by atoms with E-state index < -0.39 is 0 Å². The van der Waals surface area contributed by atoms with E-state index in [4.69, 9.17) is 0 Å². The molecule has 0 unspecified atom stereocenters. The van der Waals surface area contributed by atoms with E-state index in [-0.39, 0.29) is 0 Å². The van der Waals surface area contributed by atoms with Crippen molar-refractivity contribution in [2.24, 2.45) is 5.10 Å². The molecule has 1 N–H and O–H groups in total. The number of para-hydroxylation sites is 1. The van der Waals surface area contributed by atoms with Gasteiger partial charge in [0.1, 0.15) is 5.52 Å². The Morgan fingerprint density at radius 3 is 2.68 bits per heavy atom. The number of anilines is 1. The lowest BCUT2D eigenvalue weighted by Gasteiger charge is -2.04. The Morgan fingerprint density at radius 1 is 1.04 bits per heavy atom. The van der Waals surface area contributed by atoms with Crippen molar-refractivity contribution in [3.8, 4) is 0 Å². The zero-order chi connectivity index (χ0) is 17.1. The van der Waals surface area contributed by atoms with Gasteiger partial charge in [-0.2, -0.15) is 10.1 Å². The third kappa shape index (κ3) is 2.94. The molecule has 2 heterocycles. The molecule has 0 aliphatic heterocycles. The molecule has 0 radical (unpaired) electrons. The molecule has 0 atom stereocenters. The molecule has 25 heavy (non-hydrogen) atoms. The molecule has 2 aromatic heterocycles. The van der Waals surface area contributed by atoms with Gasteiger partial charge in [0.2, 0.25) is 0 Å². The summed E-state index contributed by atoms with van der Waals surface area (Å²) in [6.45, 7) is 3.04. The highest BCUT2D eigenvalue weighted by molar-refractivity contribution is 6.04. The molecule has 2 aromatic carbocycles. The SMILES string of the molecule is CCCn1c2ccccc2c2nnc(N/N=C/c3ccccc3)nc21. The van der Waals surface area contributed by atoms with E-state index in [0.29, 0.717) is 5.95 Å². The van der Waals surface area contributed by atoms with Crippen LogP contribution >= 0.6 is 0 Å². The van der Waals surface area contributed by atoms with Crippen LogP contribution in [0, 0.1) is 0 Å². The highest BCUT2D eigenvalue weighted by Gasteiger charge is 2.13. The topological polar surface area (TPSA) is 68.0 Å². The van der Waals surface area contributed by atoms with Crippen molar-refractivity contribution in [1.82, 2.24) is 19.7 Å². The first-order valence-electron chi connectivity index (χ1n) is 8.32. The van der Waals surface area contributed by atoms with Crippen LogP contribution in [0.1, 0.15) is 18.9 Å². The Balaban J connectivity index is 1.71. The van der Waals surface area contributed by atoms with Gasteiger partial charge in [0.25, 0.3) is 5.95 Å². The van der Waals surface area contributed by atoms with E-state index in [1.54, 1.807) is 6.21 Å². The second-order valence-electron chi connectivity index (χ2n) is 5.76. The van der Waals surface area contributed by atoms with Gasteiger partial charge >= 0.3 is 0 Å². The molecule has 6 nitrogen and oxygen atoms in total. The van der Waals surface area contributed by atoms with Crippen LogP contribution < -0.4 is 5.43 Å². The van der Waals surface area contributed by atoms with Gasteiger partial charge in [0.05, 0.1) is 11.7 Å². The number of hydrogen-bond acceptors (Lipinski definition) is 5. The number of nitrogens with one attached hydrogen (secondary N) is 1. The van der Waals surface area contributed by atoms with Crippen LogP contribution in [-0.4, -0.2) is 26.0 Å². The number of hydrazone groups is 1. The lowest BCUT2D eigenvalue weighted by molar-refractivity contribution is 0.716. The third-order valence-corrected chi connectivity index (χ3v) is 4.00. The van der Waals surface area contributed by atoms with Crippen molar-refractivity contribution in [3.63, 3.8) is 0 Å². The van der Waals surface area contributed by atoms with E-state index >= 15 is 0 Å². The van der Waals surface area contributed by atoms with Crippen molar-refractivity contribution >= 4 is 34.2 Å². The summed E-state index contributed by atoms with van der Waals surface area (Å²) >= 11 is 0. The maximum Gasteiger partial charge on any atom is 0.265 e. The Labute approximate surface area is 145 Å². The fourth-order valence-corrected chi connectivity index (χ4v) is 2.90. The van der Waals surface area contributed by atoms with Gasteiger partial charge < -0.3 is 4.57 Å². The number of aromatic nitrogens is 4. The molecular weight excluding hydrogens is 312 g/mol. The fourth-order valence-electron chi connectivity index (χ4n) is 2.90. The number of hydrogen-bond donors (Lipinski definition) is 1. The molecule has 4 aromatic rings. The molecule has 6 heteroatoms. The summed E-state index contributed by atoms with van der Waals surface area (Å²) in [6, 6.07) is 18.1. The van der Waals surface area contributed by atoms with Crippen LogP contribution in [0.15, 0.2) is 59.7 Å². The first-order chi connectivity index (χ1) is 12.4. The molecule has 0 aliphatic carbocycles. The highest BCUT2D eigenvalue weighted by atomic mass is 15.4. The predicted molar refractivity (Wildman–Crippen MR) is 101 cm³/mol. The molecule has 0 fully saturated rings. The molecule has 124 valence electrons. The van der Waals surface area contributed by atoms with Gasteiger partial charge in [-0.1, -0.05) is 55.5 Å². The highest BCUT2D eigenvalue weighted by Crippen LogP contribution is 2.26. The first kappa shape index (κ1) is 15.3. The maximum absolute atomic E-state index is 4.63. The molecule has 0 amide bonds. The Kier molecular flexibility index (Phi) is 4.08. The zero-order valence-electron chi connectivity index (χ0n) is 13.9. The second-order valence-corrected chi connectivity index (χ2v) is 5.76. The normalized spacial score (nSPS) is 11.6. The summed E-state index contributed by atoms with van der Waals surface area (Å²) in [5, 5.41) is 13.8. The van der Waals surface area contributed by atoms with Crippen molar-refractivity contribution in [2.75, 3.05) is 5.43 Å². The number of fused-ring (bicyclic) bond motifs is 3. The lowest BCUT2D eigenvalue weighted by Crippen LogP contribution is -2.03. The smallest absolute Gasteiger partial charge is 0.265 e. The number of aryl methyl sites for hydroxylation is 1. The fraction of sp³-hybridized carbons (Fsp3) is 0.158. The van der Waals surface area contributed by atoms with E-state index in [1.165, 1.54) is 0 Å². The first-order valence-corrected chi connectivity index (χ1v) is 8.32. The average Bonchev–Trinajstić information content (AvgIpc) is 2.97. The van der Waals surface area contributed by atoms with E-state index in [0.717, 1.165) is 40.6 Å². The monoisotopic (exact) mass is 330 g/mol. The average molecular weight is 330 g/mol. The second kappa shape index (κ2) is 6.68. The van der Waals surface area contributed by atoms with Crippen LogP contribution in [-0.2, 0) is 6.54 Å². The van der Waals surface area contributed by atoms with Crippen LogP contribution in [0.2, 0.25) is 0 Å². The van der Waals surface area contributed by atoms with E-state index in [1.807, 2.05) is 42.5 Å². The van der Waals surface area contributed by atoms with Crippen molar-refractivity contribution in [3.05, 3.63) is 60.2 Å². The minimum absolute atomic E-state index is 0.389. The summed E-state index contributed by atoms with van der Waals surface area (Å²) in [5.74, 6) is 0.389. The van der Waals surface area contributed by atoms with Gasteiger partial charge in [-0.15, -0.1) is 10.2 Å². The van der Waals surface area contributed by atoms with Gasteiger partial charge in [0, 0.05) is 11.9 Å². The molecular formula is C19H18N6.